The van der Waals surface area contributed by atoms with Crippen molar-refractivity contribution in [3.05, 3.63) is 60.7 Å². The molecule has 2 aromatic heterocycles. The number of ether oxygens (including phenoxy) is 1. The zero-order valence-electron chi connectivity index (χ0n) is 18.0. The number of imidazole rings is 1. The van der Waals surface area contributed by atoms with Gasteiger partial charge in [0.2, 0.25) is 10.0 Å². The first-order valence-corrected chi connectivity index (χ1v) is 11.6. The van der Waals surface area contributed by atoms with Crippen LogP contribution in [-0.4, -0.2) is 76.7 Å². The fourth-order valence-corrected chi connectivity index (χ4v) is 4.87. The monoisotopic (exact) mass is 461 g/mol. The number of hydrogen-bond donors (Lipinski definition) is 1. The molecule has 3 heterocycles. The van der Waals surface area contributed by atoms with Crippen LogP contribution in [0.2, 0.25) is 0 Å². The lowest BCUT2D eigenvalue weighted by Crippen LogP contribution is -2.32. The van der Waals surface area contributed by atoms with Crippen molar-refractivity contribution in [1.82, 2.24) is 23.6 Å². The quantitative estimate of drug-likeness (QED) is 0.531. The molecule has 0 radical (unpaired) electrons. The molecule has 0 amide bonds. The summed E-state index contributed by atoms with van der Waals surface area (Å²) in [5.74, 6) is 0.737. The highest BCUT2D eigenvalue weighted by Gasteiger charge is 2.35. The molecule has 0 aliphatic carbocycles. The van der Waals surface area contributed by atoms with Crippen molar-refractivity contribution < 1.29 is 23.1 Å². The smallest absolute Gasteiger partial charge is 0.290 e. The number of hydrogen-bond acceptors (Lipinski definition) is 6. The Balaban J connectivity index is 0.000000913. The Morgan fingerprint density at radius 2 is 1.94 bits per heavy atom. The summed E-state index contributed by atoms with van der Waals surface area (Å²) in [4.78, 5) is 13.0. The molecule has 1 aliphatic rings. The van der Waals surface area contributed by atoms with Crippen LogP contribution in [-0.2, 0) is 26.1 Å². The van der Waals surface area contributed by atoms with Gasteiger partial charge >= 0.3 is 0 Å². The van der Waals surface area contributed by atoms with Gasteiger partial charge in [-0.05, 0) is 11.6 Å². The minimum absolute atomic E-state index is 0.0528. The van der Waals surface area contributed by atoms with Crippen LogP contribution in [0.3, 0.4) is 0 Å². The van der Waals surface area contributed by atoms with Gasteiger partial charge in [0.15, 0.2) is 0 Å². The molecule has 172 valence electrons. The number of carboxylic acid groups (broad SMARTS) is 1. The molecule has 1 N–H and O–H groups in total. The standard InChI is InChI=1S/C20H25N5O3S.CH2O2/c1-23(2)29(26,27)15-17-13-28-14-19(17)25-11-9-21-20(25)18-7-4-3-6-16(18)12-24-10-5-8-22-24;2-1-3/h3-11,17,19H,12-15H2,1-2H3;1H,(H,2,3)/t17-,19-;/m1./s1. The summed E-state index contributed by atoms with van der Waals surface area (Å²) in [5.41, 5.74) is 2.11. The molecule has 0 saturated carbocycles. The van der Waals surface area contributed by atoms with Gasteiger partial charge in [0.1, 0.15) is 5.82 Å². The molecule has 1 fully saturated rings. The Morgan fingerprint density at radius 3 is 2.62 bits per heavy atom. The van der Waals surface area contributed by atoms with Crippen molar-refractivity contribution in [2.24, 2.45) is 5.92 Å². The maximum absolute atomic E-state index is 12.4. The van der Waals surface area contributed by atoms with Crippen LogP contribution in [0.4, 0.5) is 0 Å². The van der Waals surface area contributed by atoms with Crippen molar-refractivity contribution >= 4 is 16.5 Å². The van der Waals surface area contributed by atoms with E-state index in [1.807, 2.05) is 41.3 Å². The zero-order valence-corrected chi connectivity index (χ0v) is 18.8. The van der Waals surface area contributed by atoms with Gasteiger partial charge in [-0.3, -0.25) is 9.48 Å². The van der Waals surface area contributed by atoms with Crippen LogP contribution in [0.1, 0.15) is 11.6 Å². The predicted octanol–water partition coefficient (Wildman–Crippen LogP) is 1.57. The maximum Gasteiger partial charge on any atom is 0.290 e. The molecule has 0 unspecified atom stereocenters. The largest absolute Gasteiger partial charge is 0.483 e. The Morgan fingerprint density at radius 1 is 1.19 bits per heavy atom. The number of nitrogens with zero attached hydrogens (tertiary/aromatic N) is 5. The lowest BCUT2D eigenvalue weighted by atomic mass is 10.0. The van der Waals surface area contributed by atoms with E-state index in [0.29, 0.717) is 19.8 Å². The third-order valence-electron chi connectivity index (χ3n) is 5.32. The number of benzene rings is 1. The second kappa shape index (κ2) is 10.5. The molecule has 0 bridgehead atoms. The Labute approximate surface area is 187 Å². The number of sulfonamides is 1. The SMILES string of the molecule is CN(C)S(=O)(=O)C[C@H]1COC[C@H]1n1ccnc1-c1ccccc1Cn1cccn1.O=CO. The van der Waals surface area contributed by atoms with Gasteiger partial charge < -0.3 is 14.4 Å². The molecule has 2 atom stereocenters. The average molecular weight is 462 g/mol. The molecule has 3 aromatic rings. The van der Waals surface area contributed by atoms with Gasteiger partial charge in [0.05, 0.1) is 31.6 Å². The number of aromatic nitrogens is 4. The van der Waals surface area contributed by atoms with Crippen molar-refractivity contribution in [2.75, 3.05) is 33.1 Å². The van der Waals surface area contributed by atoms with E-state index >= 15 is 0 Å². The van der Waals surface area contributed by atoms with Crippen LogP contribution in [0.25, 0.3) is 11.4 Å². The molecule has 4 rings (SSSR count). The minimum Gasteiger partial charge on any atom is -0.483 e. The third kappa shape index (κ3) is 5.42. The van der Waals surface area contributed by atoms with Crippen LogP contribution >= 0.6 is 0 Å². The first-order chi connectivity index (χ1) is 15.4. The van der Waals surface area contributed by atoms with Gasteiger partial charge in [0, 0.05) is 50.4 Å². The van der Waals surface area contributed by atoms with E-state index in [-0.39, 0.29) is 24.2 Å². The predicted molar refractivity (Wildman–Crippen MR) is 119 cm³/mol. The fraction of sp³-hybridized carbons (Fsp3) is 0.381. The Hall–Kier alpha value is -3.02. The number of rotatable bonds is 7. The Bertz CT molecular complexity index is 1110. The molecule has 1 aliphatic heterocycles. The van der Waals surface area contributed by atoms with E-state index in [0.717, 1.165) is 17.0 Å². The van der Waals surface area contributed by atoms with Crippen molar-refractivity contribution in [2.45, 2.75) is 12.6 Å². The third-order valence-corrected chi connectivity index (χ3v) is 7.28. The first kappa shape index (κ1) is 23.6. The first-order valence-electron chi connectivity index (χ1n) is 10.0. The summed E-state index contributed by atoms with van der Waals surface area (Å²) in [5, 5.41) is 11.2. The minimum atomic E-state index is -3.32. The van der Waals surface area contributed by atoms with Gasteiger partial charge in [-0.15, -0.1) is 0 Å². The molecular formula is C21H27N5O5S. The lowest BCUT2D eigenvalue weighted by molar-refractivity contribution is -0.122. The van der Waals surface area contributed by atoms with E-state index in [2.05, 4.69) is 20.7 Å². The van der Waals surface area contributed by atoms with E-state index in [1.165, 1.54) is 4.31 Å². The normalized spacial score (nSPS) is 18.3. The summed E-state index contributed by atoms with van der Waals surface area (Å²) in [6, 6.07) is 9.91. The van der Waals surface area contributed by atoms with Crippen LogP contribution in [0, 0.1) is 5.92 Å². The summed E-state index contributed by atoms with van der Waals surface area (Å²) in [6.07, 6.45) is 7.36. The molecular weight excluding hydrogens is 434 g/mol. The van der Waals surface area contributed by atoms with Crippen LogP contribution < -0.4 is 0 Å². The van der Waals surface area contributed by atoms with Gasteiger partial charge in [-0.2, -0.15) is 5.10 Å². The van der Waals surface area contributed by atoms with E-state index in [4.69, 9.17) is 14.6 Å². The topological polar surface area (TPSA) is 120 Å². The molecule has 10 nitrogen and oxygen atoms in total. The Kier molecular flexibility index (Phi) is 7.78. The second-order valence-electron chi connectivity index (χ2n) is 7.55. The second-order valence-corrected chi connectivity index (χ2v) is 9.78. The fourth-order valence-electron chi connectivity index (χ4n) is 3.71. The molecule has 32 heavy (non-hydrogen) atoms. The van der Waals surface area contributed by atoms with Crippen LogP contribution in [0.5, 0.6) is 0 Å². The van der Waals surface area contributed by atoms with Gasteiger partial charge in [-0.1, -0.05) is 24.3 Å². The van der Waals surface area contributed by atoms with E-state index in [1.54, 1.807) is 26.5 Å². The summed E-state index contributed by atoms with van der Waals surface area (Å²) >= 11 is 0. The number of carbonyl (C=O) groups is 1. The van der Waals surface area contributed by atoms with E-state index < -0.39 is 10.0 Å². The highest BCUT2D eigenvalue weighted by Crippen LogP contribution is 2.33. The highest BCUT2D eigenvalue weighted by atomic mass is 32.2. The van der Waals surface area contributed by atoms with Crippen molar-refractivity contribution in [3.8, 4) is 11.4 Å². The summed E-state index contributed by atoms with van der Waals surface area (Å²) < 4.78 is 35.7. The molecule has 11 heteroatoms. The van der Waals surface area contributed by atoms with E-state index in [9.17, 15) is 8.42 Å². The highest BCUT2D eigenvalue weighted by molar-refractivity contribution is 7.89. The van der Waals surface area contributed by atoms with Gasteiger partial charge in [0.25, 0.3) is 6.47 Å². The average Bonchev–Trinajstić information content (AvgIpc) is 3.50. The molecule has 1 aromatic carbocycles. The maximum atomic E-state index is 12.4. The van der Waals surface area contributed by atoms with Crippen molar-refractivity contribution in [3.63, 3.8) is 0 Å². The summed E-state index contributed by atoms with van der Waals surface area (Å²) in [7, 11) is -0.190. The van der Waals surface area contributed by atoms with Gasteiger partial charge in [-0.25, -0.2) is 17.7 Å². The zero-order chi connectivity index (χ0) is 23.1. The molecule has 1 saturated heterocycles. The van der Waals surface area contributed by atoms with Crippen molar-refractivity contribution in [1.29, 1.82) is 0 Å². The lowest BCUT2D eigenvalue weighted by Gasteiger charge is -2.23. The summed E-state index contributed by atoms with van der Waals surface area (Å²) in [6.45, 7) is 1.28. The molecule has 0 spiro atoms. The van der Waals surface area contributed by atoms with Crippen LogP contribution in [0.15, 0.2) is 55.1 Å².